The first-order valence-corrected chi connectivity index (χ1v) is 8.38. The number of piperidine rings is 1. The molecule has 0 bridgehead atoms. The maximum absolute atomic E-state index is 12.7. The van der Waals surface area contributed by atoms with E-state index in [9.17, 15) is 18.0 Å². The number of hydrogen-bond donors (Lipinski definition) is 1. The first kappa shape index (κ1) is 19.6. The molecule has 25 heavy (non-hydrogen) atoms. The average molecular weight is 358 g/mol. The summed E-state index contributed by atoms with van der Waals surface area (Å²) in [5, 5.41) is 0. The molecule has 1 fully saturated rings. The molecule has 1 aromatic rings. The third kappa shape index (κ3) is 5.36. The molecular weight excluding hydrogens is 333 g/mol. The van der Waals surface area contributed by atoms with Gasteiger partial charge in [-0.05, 0) is 57.2 Å². The number of nitrogens with two attached hydrogens (primary N) is 1. The largest absolute Gasteiger partial charge is 0.444 e. The van der Waals surface area contributed by atoms with Crippen molar-refractivity contribution in [2.24, 2.45) is 11.7 Å². The second kappa shape index (κ2) is 7.23. The van der Waals surface area contributed by atoms with Crippen LogP contribution in [0.3, 0.4) is 0 Å². The Labute approximate surface area is 146 Å². The number of rotatable bonds is 2. The van der Waals surface area contributed by atoms with Gasteiger partial charge in [-0.3, -0.25) is 0 Å². The van der Waals surface area contributed by atoms with Crippen molar-refractivity contribution in [3.8, 4) is 0 Å². The third-order valence-corrected chi connectivity index (χ3v) is 4.24. The fraction of sp³-hybridized carbons (Fsp3) is 0.611. The summed E-state index contributed by atoms with van der Waals surface area (Å²) < 4.78 is 43.4. The smallest absolute Gasteiger partial charge is 0.416 e. The van der Waals surface area contributed by atoms with Gasteiger partial charge in [0.15, 0.2) is 0 Å². The highest BCUT2D eigenvalue weighted by atomic mass is 19.4. The van der Waals surface area contributed by atoms with E-state index in [0.717, 1.165) is 25.0 Å². The van der Waals surface area contributed by atoms with Crippen LogP contribution in [0.2, 0.25) is 0 Å². The zero-order valence-electron chi connectivity index (χ0n) is 14.8. The van der Waals surface area contributed by atoms with E-state index in [1.807, 2.05) is 0 Å². The molecule has 2 unspecified atom stereocenters. The van der Waals surface area contributed by atoms with Gasteiger partial charge in [-0.1, -0.05) is 12.1 Å². The van der Waals surface area contributed by atoms with Gasteiger partial charge in [0.1, 0.15) is 5.60 Å². The van der Waals surface area contributed by atoms with E-state index in [4.69, 9.17) is 10.5 Å². The van der Waals surface area contributed by atoms with Crippen LogP contribution in [0, 0.1) is 5.92 Å². The molecule has 4 nitrogen and oxygen atoms in total. The lowest BCUT2D eigenvalue weighted by atomic mass is 9.87. The molecule has 1 aliphatic heterocycles. The predicted molar refractivity (Wildman–Crippen MR) is 88.9 cm³/mol. The minimum atomic E-state index is -4.36. The van der Waals surface area contributed by atoms with Crippen LogP contribution in [0.15, 0.2) is 24.3 Å². The standard InChI is InChI=1S/C18H25F3N2O2/c1-17(2,3)25-16(24)23-10-4-5-13(11-23)15(22)12-6-8-14(9-7-12)18(19,20)21/h6-9,13,15H,4-5,10-11,22H2,1-3H3. The Morgan fingerprint density at radius 2 is 1.84 bits per heavy atom. The van der Waals surface area contributed by atoms with Gasteiger partial charge in [0.25, 0.3) is 0 Å². The Hall–Kier alpha value is -1.76. The van der Waals surface area contributed by atoms with Crippen LogP contribution in [0.4, 0.5) is 18.0 Å². The fourth-order valence-corrected chi connectivity index (χ4v) is 2.96. The molecule has 0 aliphatic carbocycles. The molecule has 1 aromatic carbocycles. The maximum Gasteiger partial charge on any atom is 0.416 e. The number of hydrogen-bond acceptors (Lipinski definition) is 3. The molecule has 1 saturated heterocycles. The number of amides is 1. The van der Waals surface area contributed by atoms with E-state index in [2.05, 4.69) is 0 Å². The van der Waals surface area contributed by atoms with E-state index in [0.29, 0.717) is 18.7 Å². The Kier molecular flexibility index (Phi) is 5.66. The summed E-state index contributed by atoms with van der Waals surface area (Å²) in [6.07, 6.45) is -3.13. The number of likely N-dealkylation sites (tertiary alicyclic amines) is 1. The van der Waals surface area contributed by atoms with Gasteiger partial charge in [-0.15, -0.1) is 0 Å². The third-order valence-electron chi connectivity index (χ3n) is 4.24. The number of carbonyl (C=O) groups is 1. The second-order valence-electron chi connectivity index (χ2n) is 7.47. The van der Waals surface area contributed by atoms with Gasteiger partial charge in [-0.2, -0.15) is 13.2 Å². The molecule has 1 aliphatic rings. The van der Waals surface area contributed by atoms with Crippen LogP contribution >= 0.6 is 0 Å². The molecule has 1 amide bonds. The highest BCUT2D eigenvalue weighted by molar-refractivity contribution is 5.68. The van der Waals surface area contributed by atoms with Crippen LogP contribution in [-0.2, 0) is 10.9 Å². The van der Waals surface area contributed by atoms with Gasteiger partial charge in [0.05, 0.1) is 5.56 Å². The minimum Gasteiger partial charge on any atom is -0.444 e. The molecule has 2 N–H and O–H groups in total. The molecule has 140 valence electrons. The molecule has 0 radical (unpaired) electrons. The minimum absolute atomic E-state index is 0.0157. The summed E-state index contributed by atoms with van der Waals surface area (Å²) in [6, 6.07) is 4.50. The van der Waals surface area contributed by atoms with Crippen LogP contribution in [0.5, 0.6) is 0 Å². The van der Waals surface area contributed by atoms with Gasteiger partial charge in [0.2, 0.25) is 0 Å². The summed E-state index contributed by atoms with van der Waals surface area (Å²) in [5.41, 5.74) is 5.64. The Morgan fingerprint density at radius 3 is 2.36 bits per heavy atom. The molecule has 7 heteroatoms. The van der Waals surface area contributed by atoms with Crippen LogP contribution in [-0.4, -0.2) is 29.7 Å². The van der Waals surface area contributed by atoms with Crippen LogP contribution in [0.1, 0.15) is 50.8 Å². The summed E-state index contributed by atoms with van der Waals surface area (Å²) in [7, 11) is 0. The zero-order chi connectivity index (χ0) is 18.8. The quantitative estimate of drug-likeness (QED) is 0.855. The lowest BCUT2D eigenvalue weighted by Gasteiger charge is -2.36. The number of benzene rings is 1. The first-order chi connectivity index (χ1) is 11.5. The Bertz CT molecular complexity index is 594. The van der Waals surface area contributed by atoms with Gasteiger partial charge in [0, 0.05) is 19.1 Å². The SMILES string of the molecule is CC(C)(C)OC(=O)N1CCCC(C(N)c2ccc(C(F)(F)F)cc2)C1. The fourth-order valence-electron chi connectivity index (χ4n) is 2.96. The predicted octanol–water partition coefficient (Wildman–Crippen LogP) is 4.35. The number of ether oxygens (including phenoxy) is 1. The first-order valence-electron chi connectivity index (χ1n) is 8.38. The average Bonchev–Trinajstić information content (AvgIpc) is 2.52. The molecule has 2 atom stereocenters. The Morgan fingerprint density at radius 1 is 1.24 bits per heavy atom. The van der Waals surface area contributed by atoms with E-state index in [1.54, 1.807) is 25.7 Å². The van der Waals surface area contributed by atoms with Crippen molar-refractivity contribution in [3.63, 3.8) is 0 Å². The Balaban J connectivity index is 2.04. The molecular formula is C18H25F3N2O2. The van der Waals surface area contributed by atoms with Gasteiger partial charge < -0.3 is 15.4 Å². The second-order valence-corrected chi connectivity index (χ2v) is 7.47. The zero-order valence-corrected chi connectivity index (χ0v) is 14.8. The van der Waals surface area contributed by atoms with E-state index < -0.39 is 23.4 Å². The van der Waals surface area contributed by atoms with Crippen molar-refractivity contribution in [3.05, 3.63) is 35.4 Å². The molecule has 0 spiro atoms. The highest BCUT2D eigenvalue weighted by Gasteiger charge is 2.32. The summed E-state index contributed by atoms with van der Waals surface area (Å²) in [5.74, 6) is -0.0157. The summed E-state index contributed by atoms with van der Waals surface area (Å²) in [4.78, 5) is 13.8. The molecule has 1 heterocycles. The van der Waals surface area contributed by atoms with Gasteiger partial charge in [-0.25, -0.2) is 4.79 Å². The molecule has 0 aromatic heterocycles. The van der Waals surface area contributed by atoms with Crippen molar-refractivity contribution in [1.82, 2.24) is 4.90 Å². The number of carbonyl (C=O) groups excluding carboxylic acids is 1. The van der Waals surface area contributed by atoms with Crippen molar-refractivity contribution in [1.29, 1.82) is 0 Å². The van der Waals surface area contributed by atoms with Crippen LogP contribution in [0.25, 0.3) is 0 Å². The molecule has 2 rings (SSSR count). The highest BCUT2D eigenvalue weighted by Crippen LogP contribution is 2.32. The van der Waals surface area contributed by atoms with E-state index >= 15 is 0 Å². The summed E-state index contributed by atoms with van der Waals surface area (Å²) >= 11 is 0. The van der Waals surface area contributed by atoms with Crippen molar-refractivity contribution in [2.75, 3.05) is 13.1 Å². The lowest BCUT2D eigenvalue weighted by molar-refractivity contribution is -0.137. The van der Waals surface area contributed by atoms with E-state index in [1.165, 1.54) is 12.1 Å². The van der Waals surface area contributed by atoms with E-state index in [-0.39, 0.29) is 12.0 Å². The molecule has 0 saturated carbocycles. The number of halogens is 3. The van der Waals surface area contributed by atoms with Crippen molar-refractivity contribution < 1.29 is 22.7 Å². The van der Waals surface area contributed by atoms with Crippen molar-refractivity contribution in [2.45, 2.75) is 51.4 Å². The topological polar surface area (TPSA) is 55.6 Å². The maximum atomic E-state index is 12.7. The van der Waals surface area contributed by atoms with Crippen molar-refractivity contribution >= 4 is 6.09 Å². The normalized spacial score (nSPS) is 20.3. The summed E-state index contributed by atoms with van der Waals surface area (Å²) in [6.45, 7) is 6.46. The monoisotopic (exact) mass is 358 g/mol. The number of alkyl halides is 3. The number of nitrogens with zero attached hydrogens (tertiary/aromatic N) is 1. The lowest BCUT2D eigenvalue weighted by Crippen LogP contribution is -2.45. The van der Waals surface area contributed by atoms with Gasteiger partial charge >= 0.3 is 12.3 Å². The van der Waals surface area contributed by atoms with Crippen LogP contribution < -0.4 is 5.73 Å².